The fraction of sp³-hybridized carbons (Fsp3) is 0.138. The van der Waals surface area contributed by atoms with Gasteiger partial charge in [0.1, 0.15) is 5.66 Å². The fourth-order valence-electron chi connectivity index (χ4n) is 5.05. The Morgan fingerprint density at radius 1 is 0.727 bits per heavy atom. The van der Waals surface area contributed by atoms with Gasteiger partial charge in [-0.25, -0.2) is 0 Å². The molecule has 1 aliphatic heterocycles. The van der Waals surface area contributed by atoms with Crippen LogP contribution in [0.25, 0.3) is 0 Å². The summed E-state index contributed by atoms with van der Waals surface area (Å²) in [6, 6.07) is 35.3. The molecule has 1 heterocycles. The number of hydrogen-bond donors (Lipinski definition) is 0. The Bertz CT molecular complexity index is 1310. The molecule has 164 valence electrons. The molecular weight excluding hydrogens is 425 g/mol. The van der Waals surface area contributed by atoms with Gasteiger partial charge in [0.15, 0.2) is 7.14 Å². The van der Waals surface area contributed by atoms with E-state index in [-0.39, 0.29) is 11.8 Å². The van der Waals surface area contributed by atoms with Gasteiger partial charge in [-0.15, -0.1) is 0 Å². The third kappa shape index (κ3) is 3.53. The molecule has 33 heavy (non-hydrogen) atoms. The summed E-state index contributed by atoms with van der Waals surface area (Å²) >= 11 is 0. The highest BCUT2D eigenvalue weighted by atomic mass is 31.2. The molecule has 0 radical (unpaired) electrons. The van der Waals surface area contributed by atoms with Gasteiger partial charge in [0.25, 0.3) is 0 Å². The minimum absolute atomic E-state index is 0.115. The van der Waals surface area contributed by atoms with Crippen molar-refractivity contribution in [2.45, 2.75) is 18.5 Å². The van der Waals surface area contributed by atoms with Crippen molar-refractivity contribution in [3.05, 3.63) is 126 Å². The quantitative estimate of drug-likeness (QED) is 0.385. The number of hydrogen-bond acceptors (Lipinski definition) is 2. The first-order valence-electron chi connectivity index (χ1n) is 11.2. The van der Waals surface area contributed by atoms with Gasteiger partial charge in [-0.3, -0.25) is 4.79 Å². The van der Waals surface area contributed by atoms with E-state index in [1.54, 1.807) is 11.9 Å². The minimum atomic E-state index is -3.38. The average molecular weight is 452 g/mol. The maximum Gasteiger partial charge on any atom is 0.238 e. The van der Waals surface area contributed by atoms with Crippen molar-refractivity contribution in [3.8, 4) is 0 Å². The Morgan fingerprint density at radius 2 is 1.30 bits per heavy atom. The molecule has 0 saturated heterocycles. The van der Waals surface area contributed by atoms with Gasteiger partial charge in [-0.1, -0.05) is 109 Å². The lowest BCUT2D eigenvalue weighted by atomic mass is 9.83. The smallest absolute Gasteiger partial charge is 0.238 e. The molecule has 4 aromatic carbocycles. The lowest BCUT2D eigenvalue weighted by molar-refractivity contribution is -0.118. The van der Waals surface area contributed by atoms with Crippen molar-refractivity contribution in [2.24, 2.45) is 0 Å². The number of nitrogens with zero attached hydrogens (tertiary/aromatic N) is 1. The third-order valence-corrected chi connectivity index (χ3v) is 10.0. The van der Waals surface area contributed by atoms with Crippen molar-refractivity contribution < 1.29 is 9.36 Å². The van der Waals surface area contributed by atoms with Crippen LogP contribution in [0.1, 0.15) is 22.6 Å². The molecule has 0 aromatic heterocycles. The summed E-state index contributed by atoms with van der Waals surface area (Å²) in [6.45, 7) is 2.05. The van der Waals surface area contributed by atoms with Gasteiger partial charge in [-0.2, -0.15) is 0 Å². The number of amides is 1. The number of para-hydroxylation sites is 1. The van der Waals surface area contributed by atoms with E-state index in [1.807, 2.05) is 84.9 Å². The van der Waals surface area contributed by atoms with Gasteiger partial charge in [0.05, 0.1) is 0 Å². The maximum atomic E-state index is 15.4. The first-order valence-corrected chi connectivity index (χ1v) is 12.9. The monoisotopic (exact) mass is 451 g/mol. The number of carbonyl (C=O) groups excluding carboxylic acids is 1. The third-order valence-electron chi connectivity index (χ3n) is 6.61. The van der Waals surface area contributed by atoms with Crippen LogP contribution in [0.5, 0.6) is 0 Å². The van der Waals surface area contributed by atoms with Crippen LogP contribution in [-0.4, -0.2) is 18.6 Å². The Hall–Kier alpha value is -3.42. The summed E-state index contributed by atoms with van der Waals surface area (Å²) in [7, 11) is -1.58. The zero-order valence-electron chi connectivity index (χ0n) is 18.8. The molecule has 3 nitrogen and oxygen atoms in total. The number of fused-ring (bicyclic) bond motifs is 1. The normalized spacial score (nSPS) is 18.1. The Morgan fingerprint density at radius 3 is 1.91 bits per heavy atom. The van der Waals surface area contributed by atoms with Gasteiger partial charge in [0, 0.05) is 29.3 Å². The topological polar surface area (TPSA) is 37.4 Å². The number of aryl methyl sites for hydroxylation is 1. The summed E-state index contributed by atoms with van der Waals surface area (Å²) in [5.74, 6) is -0.438. The first-order chi connectivity index (χ1) is 16.0. The zero-order valence-corrected chi connectivity index (χ0v) is 19.7. The van der Waals surface area contributed by atoms with E-state index in [0.717, 1.165) is 22.4 Å². The van der Waals surface area contributed by atoms with E-state index in [1.165, 1.54) is 0 Å². The molecule has 4 aromatic rings. The van der Waals surface area contributed by atoms with Gasteiger partial charge < -0.3 is 9.46 Å². The van der Waals surface area contributed by atoms with Crippen LogP contribution in [0.4, 0.5) is 5.69 Å². The average Bonchev–Trinajstić information content (AvgIpc) is 2.86. The lowest BCUT2D eigenvalue weighted by Crippen LogP contribution is -2.48. The van der Waals surface area contributed by atoms with E-state index in [0.29, 0.717) is 10.6 Å². The Kier molecular flexibility index (Phi) is 5.52. The predicted molar refractivity (Wildman–Crippen MR) is 136 cm³/mol. The molecule has 0 fully saturated rings. The molecule has 5 rings (SSSR count). The molecule has 0 bridgehead atoms. The highest BCUT2D eigenvalue weighted by Gasteiger charge is 2.51. The van der Waals surface area contributed by atoms with Crippen LogP contribution in [-0.2, 0) is 9.36 Å². The van der Waals surface area contributed by atoms with Crippen molar-refractivity contribution in [1.82, 2.24) is 0 Å². The van der Waals surface area contributed by atoms with E-state index >= 15 is 4.57 Å². The zero-order chi connectivity index (χ0) is 23.0. The number of benzene rings is 4. The Labute approximate surface area is 195 Å². The van der Waals surface area contributed by atoms with Crippen molar-refractivity contribution >= 4 is 29.3 Å². The van der Waals surface area contributed by atoms with Crippen LogP contribution < -0.4 is 15.5 Å². The number of rotatable bonds is 4. The molecule has 4 heteroatoms. The van der Waals surface area contributed by atoms with Gasteiger partial charge >= 0.3 is 0 Å². The van der Waals surface area contributed by atoms with E-state index in [4.69, 9.17) is 0 Å². The van der Waals surface area contributed by atoms with Crippen molar-refractivity contribution in [2.75, 3.05) is 11.9 Å². The molecule has 0 N–H and O–H groups in total. The number of anilines is 1. The van der Waals surface area contributed by atoms with Gasteiger partial charge in [0.2, 0.25) is 5.91 Å². The van der Waals surface area contributed by atoms with Crippen molar-refractivity contribution in [1.29, 1.82) is 0 Å². The van der Waals surface area contributed by atoms with E-state index in [2.05, 4.69) is 31.2 Å². The fourth-order valence-corrected chi connectivity index (χ4v) is 8.45. The summed E-state index contributed by atoms with van der Waals surface area (Å²) in [4.78, 5) is 15.8. The highest BCUT2D eigenvalue weighted by Crippen LogP contribution is 2.58. The maximum absolute atomic E-state index is 15.4. The van der Waals surface area contributed by atoms with Crippen molar-refractivity contribution in [3.63, 3.8) is 0 Å². The molecular formula is C29H26NO2P. The van der Waals surface area contributed by atoms with Crippen LogP contribution >= 0.6 is 7.14 Å². The van der Waals surface area contributed by atoms with Crippen LogP contribution in [0.2, 0.25) is 0 Å². The summed E-state index contributed by atoms with van der Waals surface area (Å²) in [6.07, 6.45) is 0. The predicted octanol–water partition coefficient (Wildman–Crippen LogP) is 5.49. The SMILES string of the molecule is Cc1cccc([C@@H]2c3ccccc3N(C)C(=O)[C@H]2P(=O)(c2ccccc2)c2ccccc2)c1. The van der Waals surface area contributed by atoms with Gasteiger partial charge in [-0.05, 0) is 24.1 Å². The molecule has 0 unspecified atom stereocenters. The van der Waals surface area contributed by atoms with E-state index < -0.39 is 12.8 Å². The standard InChI is InChI=1S/C29H26NO2P/c1-21-12-11-13-22(20-21)27-25-18-9-10-19-26(25)30(2)29(31)28(27)33(32,23-14-5-3-6-15-23)24-16-7-4-8-17-24/h3-20,27-28H,1-2H3/t27-,28+/m1/s1. The highest BCUT2D eigenvalue weighted by molar-refractivity contribution is 7.80. The second-order valence-electron chi connectivity index (χ2n) is 8.62. The minimum Gasteiger partial charge on any atom is -0.315 e. The molecule has 1 aliphatic rings. The second-order valence-corrected chi connectivity index (χ2v) is 11.5. The molecule has 1 amide bonds. The van der Waals surface area contributed by atoms with Crippen LogP contribution in [0.3, 0.4) is 0 Å². The van der Waals surface area contributed by atoms with Crippen LogP contribution in [0, 0.1) is 6.92 Å². The summed E-state index contributed by atoms with van der Waals surface area (Å²) < 4.78 is 15.4. The largest absolute Gasteiger partial charge is 0.315 e. The molecule has 0 saturated carbocycles. The lowest BCUT2D eigenvalue weighted by Gasteiger charge is -2.42. The Balaban J connectivity index is 1.84. The van der Waals surface area contributed by atoms with Crippen LogP contribution in [0.15, 0.2) is 109 Å². The number of carbonyl (C=O) groups is 1. The molecule has 2 atom stereocenters. The van der Waals surface area contributed by atoms with E-state index in [9.17, 15) is 4.79 Å². The second kappa shape index (κ2) is 8.50. The molecule has 0 spiro atoms. The first kappa shape index (κ1) is 21.4. The summed E-state index contributed by atoms with van der Waals surface area (Å²) in [5.41, 5.74) is 3.29. The summed E-state index contributed by atoms with van der Waals surface area (Å²) in [5, 5.41) is 1.42. The molecule has 0 aliphatic carbocycles.